The van der Waals surface area contributed by atoms with Crippen LogP contribution in [0.3, 0.4) is 0 Å². The van der Waals surface area contributed by atoms with Crippen molar-refractivity contribution in [2.75, 3.05) is 24.7 Å². The van der Waals surface area contributed by atoms with Gasteiger partial charge in [0.25, 0.3) is 11.8 Å². The molecule has 2 amide bonds. The average molecular weight is 938 g/mol. The molecule has 7 aromatic rings. The summed E-state index contributed by atoms with van der Waals surface area (Å²) < 4.78 is 0. The molecule has 0 aliphatic carbocycles. The maximum atomic E-state index is 13.1. The minimum atomic E-state index is -0.349. The number of amidine groups is 6. The fraction of sp³-hybridized carbons (Fsp3) is 0.0385. The normalized spacial score (nSPS) is 12.5. The van der Waals surface area contributed by atoms with Crippen LogP contribution < -0.4 is 45.0 Å². The Morgan fingerprint density at radius 3 is 0.710 bits per heavy atom. The van der Waals surface area contributed by atoms with E-state index in [1.165, 1.54) is 0 Å². The summed E-state index contributed by atoms with van der Waals surface area (Å²) in [6.07, 6.45) is 0. The Morgan fingerprint density at radius 2 is 0.493 bits per heavy atom. The topological polar surface area (TPSA) is 288 Å². The lowest BCUT2D eigenvalue weighted by atomic mass is 10.1. The molecule has 0 saturated carbocycles. The van der Waals surface area contributed by atoms with Gasteiger partial charge in [-0.2, -0.15) is 0 Å². The average Bonchev–Trinajstić information content (AvgIpc) is 3.37. The van der Waals surface area contributed by atoms with Crippen molar-refractivity contribution in [3.63, 3.8) is 0 Å². The summed E-state index contributed by atoms with van der Waals surface area (Å²) in [6.45, 7) is 0. The van der Waals surface area contributed by atoms with Crippen LogP contribution in [0, 0.1) is 0 Å². The molecule has 17 heteroatoms. The van der Waals surface area contributed by atoms with Gasteiger partial charge in [-0.25, -0.2) is 20.0 Å². The van der Waals surface area contributed by atoms with Crippen LogP contribution in [-0.2, 0) is 0 Å². The highest BCUT2D eigenvalue weighted by Crippen LogP contribution is 2.21. The number of amides is 2. The third-order valence-corrected chi connectivity index (χ3v) is 10.4. The molecule has 69 heavy (non-hydrogen) atoms. The van der Waals surface area contributed by atoms with Crippen molar-refractivity contribution < 1.29 is 9.59 Å². The molecule has 346 valence electrons. The maximum Gasteiger partial charge on any atom is 0.255 e. The Kier molecular flexibility index (Phi) is 16.1. The second kappa shape index (κ2) is 22.7. The number of nitrogens with one attached hydrogen (secondary N) is 2. The lowest BCUT2D eigenvalue weighted by Crippen LogP contribution is -2.15. The first-order valence-electron chi connectivity index (χ1n) is 21.0. The molecule has 0 fully saturated rings. The summed E-state index contributed by atoms with van der Waals surface area (Å²) in [5, 5.41) is 5.73. The van der Waals surface area contributed by atoms with Gasteiger partial charge in [0.1, 0.15) is 35.0 Å². The van der Waals surface area contributed by atoms with Gasteiger partial charge < -0.3 is 45.0 Å². The molecule has 0 atom stereocenters. The third kappa shape index (κ3) is 12.9. The Bertz CT molecular complexity index is 2900. The van der Waals surface area contributed by atoms with Crippen LogP contribution in [0.25, 0.3) is 0 Å². The van der Waals surface area contributed by atoms with Crippen LogP contribution in [-0.4, -0.2) is 60.9 Å². The number of rotatable bonds is 14. The van der Waals surface area contributed by atoms with Gasteiger partial charge in [-0.15, -0.1) is 12.4 Å². The molecule has 14 N–H and O–H groups in total. The molecule has 0 unspecified atom stereocenters. The van der Waals surface area contributed by atoms with Crippen LogP contribution >= 0.6 is 12.4 Å². The van der Waals surface area contributed by atoms with E-state index >= 15 is 0 Å². The van der Waals surface area contributed by atoms with E-state index in [4.69, 9.17) is 34.4 Å². The second-order valence-electron chi connectivity index (χ2n) is 15.0. The van der Waals surface area contributed by atoms with Gasteiger partial charge in [0.15, 0.2) is 0 Å². The van der Waals surface area contributed by atoms with Crippen molar-refractivity contribution in [1.29, 1.82) is 0 Å². The number of aliphatic imine (C=N–C) groups is 6. The van der Waals surface area contributed by atoms with Crippen molar-refractivity contribution in [2.24, 2.45) is 64.4 Å². The second-order valence-corrected chi connectivity index (χ2v) is 15.0. The summed E-state index contributed by atoms with van der Waals surface area (Å²) >= 11 is 0. The van der Waals surface area contributed by atoms with Crippen LogP contribution in [0.4, 0.5) is 34.1 Å². The standard InChI is InChI=1S/C52H48N14O2.ClH/c1-59-45(53)31-7-19-39(20-8-31)61-47(55)33-11-23-41(24-12-33)63-49(57)35-15-27-43(28-16-35)65-51(67)37-3-5-38(6-4-37)52(68)66-44-29-17-36(18-30-44)50(58)64-42-25-13-34(14-26-42)48(56)62-40-21-9-32(10-22-40)46(54)60-2;/h3-30H,1-2H3,(H2,53,59)(H2,54,60)(H2,55,61)(H2,56,62)(H2,57,63)(H2,58,64)(H,65,67)(H,66,68);1H. The molecule has 0 aromatic heterocycles. The van der Waals surface area contributed by atoms with Crippen LogP contribution in [0.15, 0.2) is 200 Å². The van der Waals surface area contributed by atoms with Crippen molar-refractivity contribution >= 4 is 93.4 Å². The van der Waals surface area contributed by atoms with E-state index in [0.717, 1.165) is 22.3 Å². The van der Waals surface area contributed by atoms with E-state index in [1.807, 2.05) is 72.8 Å². The molecule has 0 aliphatic heterocycles. The summed E-state index contributed by atoms with van der Waals surface area (Å²) in [7, 11) is 3.27. The number of nitrogens with zero attached hydrogens (tertiary/aromatic N) is 6. The smallest absolute Gasteiger partial charge is 0.255 e. The maximum absolute atomic E-state index is 13.1. The largest absolute Gasteiger partial charge is 0.384 e. The fourth-order valence-electron chi connectivity index (χ4n) is 6.53. The molecule has 0 heterocycles. The van der Waals surface area contributed by atoms with Crippen molar-refractivity contribution in [3.8, 4) is 0 Å². The van der Waals surface area contributed by atoms with Crippen LogP contribution in [0.2, 0.25) is 0 Å². The minimum absolute atomic E-state index is 0. The molecule has 0 spiro atoms. The summed E-state index contributed by atoms with van der Waals surface area (Å²) in [6, 6.07) is 49.3. The highest BCUT2D eigenvalue weighted by Gasteiger charge is 2.12. The highest BCUT2D eigenvalue weighted by molar-refractivity contribution is 6.08. The van der Waals surface area contributed by atoms with Gasteiger partial charge in [-0.05, 0) is 170 Å². The Labute approximate surface area is 404 Å². The van der Waals surface area contributed by atoms with E-state index in [0.29, 0.717) is 79.7 Å². The highest BCUT2D eigenvalue weighted by atomic mass is 35.5. The fourth-order valence-corrected chi connectivity index (χ4v) is 6.53. The van der Waals surface area contributed by atoms with Gasteiger partial charge >= 0.3 is 0 Å². The number of halogens is 1. The monoisotopic (exact) mass is 936 g/mol. The summed E-state index contributed by atoms with van der Waals surface area (Å²) in [5.74, 6) is 1.44. The van der Waals surface area contributed by atoms with Crippen LogP contribution in [0.1, 0.15) is 54.1 Å². The van der Waals surface area contributed by atoms with Crippen molar-refractivity contribution in [2.45, 2.75) is 0 Å². The first kappa shape index (κ1) is 49.0. The molecule has 0 bridgehead atoms. The van der Waals surface area contributed by atoms with E-state index in [9.17, 15) is 9.59 Å². The number of hydrogen-bond acceptors (Lipinski definition) is 8. The SMILES string of the molecule is CN=C(N)c1ccc(N=C(N)c2ccc(N=C(N)c3ccc(NC(=O)c4ccc(C(=O)Nc5ccc(C(N)=Nc6ccc(C(N)=Nc7ccc(C(N)=NC)cc7)cc6)cc5)cc4)cc3)cc2)cc1.Cl. The first-order chi connectivity index (χ1) is 32.8. The molecule has 7 aromatic carbocycles. The predicted octanol–water partition coefficient (Wildman–Crippen LogP) is 7.43. The third-order valence-electron chi connectivity index (χ3n) is 10.4. The molecule has 0 aliphatic rings. The van der Waals surface area contributed by atoms with E-state index in [1.54, 1.807) is 111 Å². The zero-order valence-corrected chi connectivity index (χ0v) is 38.4. The number of nitrogens with two attached hydrogens (primary N) is 6. The van der Waals surface area contributed by atoms with Gasteiger partial charge in [0.05, 0.1) is 22.7 Å². The molecule has 16 nitrogen and oxygen atoms in total. The van der Waals surface area contributed by atoms with Crippen LogP contribution in [0.5, 0.6) is 0 Å². The number of carbonyl (C=O) groups excluding carboxylic acids is 2. The van der Waals surface area contributed by atoms with Crippen molar-refractivity contribution in [1.82, 2.24) is 0 Å². The van der Waals surface area contributed by atoms with E-state index in [-0.39, 0.29) is 35.9 Å². The number of carbonyl (C=O) groups is 2. The Hall–Kier alpha value is -9.41. The Balaban J connectivity index is 0.00000782. The zero-order valence-electron chi connectivity index (χ0n) is 37.5. The lowest BCUT2D eigenvalue weighted by molar-refractivity contribution is 0.101. The molecule has 7 rings (SSSR count). The van der Waals surface area contributed by atoms with E-state index in [2.05, 4.69) is 40.6 Å². The van der Waals surface area contributed by atoms with Gasteiger partial charge in [-0.1, -0.05) is 0 Å². The molecular weight excluding hydrogens is 888 g/mol. The number of anilines is 2. The van der Waals surface area contributed by atoms with Gasteiger partial charge in [0, 0.05) is 70.0 Å². The Morgan fingerprint density at radius 1 is 0.304 bits per heavy atom. The lowest BCUT2D eigenvalue weighted by Gasteiger charge is -2.09. The molecule has 0 saturated heterocycles. The summed E-state index contributed by atoms with van der Waals surface area (Å²) in [4.78, 5) is 52.2. The quantitative estimate of drug-likeness (QED) is 0.0400. The first-order valence-corrected chi connectivity index (χ1v) is 21.0. The zero-order chi connectivity index (χ0) is 48.2. The number of hydrogen-bond donors (Lipinski definition) is 8. The van der Waals surface area contributed by atoms with E-state index < -0.39 is 0 Å². The molecular formula is C52H49ClN14O2. The predicted molar refractivity (Wildman–Crippen MR) is 283 cm³/mol. The summed E-state index contributed by atoms with van der Waals surface area (Å²) in [5.41, 5.74) is 45.7. The minimum Gasteiger partial charge on any atom is -0.384 e. The van der Waals surface area contributed by atoms with Gasteiger partial charge in [-0.3, -0.25) is 19.6 Å². The molecule has 0 radical (unpaired) electrons. The van der Waals surface area contributed by atoms with Gasteiger partial charge in [0.2, 0.25) is 0 Å². The number of benzene rings is 7. The van der Waals surface area contributed by atoms with Crippen molar-refractivity contribution in [3.05, 3.63) is 214 Å².